The number of carbonyl (C=O) groups excluding carboxylic acids is 1. The SMILES string of the molecule is CCc1nc(C(=O)OC)c(N)n1-c1ccccc1COC. The number of rotatable bonds is 5. The Bertz CT molecular complexity index is 650. The zero-order chi connectivity index (χ0) is 15.4. The molecular formula is C15H19N3O3. The van der Waals surface area contributed by atoms with E-state index in [2.05, 4.69) is 4.98 Å². The van der Waals surface area contributed by atoms with Crippen molar-refractivity contribution in [3.63, 3.8) is 0 Å². The van der Waals surface area contributed by atoms with Crippen molar-refractivity contribution >= 4 is 11.8 Å². The van der Waals surface area contributed by atoms with Crippen molar-refractivity contribution < 1.29 is 14.3 Å². The zero-order valence-electron chi connectivity index (χ0n) is 12.4. The second-order valence-corrected chi connectivity index (χ2v) is 4.50. The van der Waals surface area contributed by atoms with E-state index < -0.39 is 5.97 Å². The number of hydrogen-bond donors (Lipinski definition) is 1. The molecule has 6 heteroatoms. The molecule has 0 aliphatic carbocycles. The van der Waals surface area contributed by atoms with Crippen LogP contribution >= 0.6 is 0 Å². The van der Waals surface area contributed by atoms with Crippen molar-refractivity contribution in [2.45, 2.75) is 20.0 Å². The molecule has 0 amide bonds. The lowest BCUT2D eigenvalue weighted by molar-refractivity contribution is 0.0596. The number of methoxy groups -OCH3 is 2. The third kappa shape index (κ3) is 2.75. The second-order valence-electron chi connectivity index (χ2n) is 4.50. The maximum Gasteiger partial charge on any atom is 0.360 e. The summed E-state index contributed by atoms with van der Waals surface area (Å²) in [6, 6.07) is 7.71. The van der Waals surface area contributed by atoms with E-state index in [1.54, 1.807) is 11.7 Å². The predicted molar refractivity (Wildman–Crippen MR) is 79.4 cm³/mol. The number of anilines is 1. The largest absolute Gasteiger partial charge is 0.464 e. The molecule has 2 N–H and O–H groups in total. The summed E-state index contributed by atoms with van der Waals surface area (Å²) in [6.07, 6.45) is 0.641. The molecule has 0 fully saturated rings. The van der Waals surface area contributed by atoms with Gasteiger partial charge in [-0.2, -0.15) is 0 Å². The number of nitrogens with two attached hydrogens (primary N) is 1. The second kappa shape index (κ2) is 6.41. The minimum Gasteiger partial charge on any atom is -0.464 e. The molecule has 0 radical (unpaired) electrons. The average Bonchev–Trinajstić information content (AvgIpc) is 2.84. The molecule has 2 aromatic rings. The van der Waals surface area contributed by atoms with Gasteiger partial charge in [-0.15, -0.1) is 0 Å². The molecule has 0 spiro atoms. The number of hydrogen-bond acceptors (Lipinski definition) is 5. The molecule has 1 aromatic heterocycles. The molecule has 0 aliphatic rings. The van der Waals surface area contributed by atoms with Crippen LogP contribution in [-0.2, 0) is 22.5 Å². The Morgan fingerprint density at radius 1 is 1.33 bits per heavy atom. The Hall–Kier alpha value is -2.34. The first-order valence-corrected chi connectivity index (χ1v) is 6.66. The lowest BCUT2D eigenvalue weighted by Crippen LogP contribution is -2.09. The Labute approximate surface area is 123 Å². The van der Waals surface area contributed by atoms with Gasteiger partial charge in [-0.25, -0.2) is 9.78 Å². The standard InChI is InChI=1S/C15H19N3O3/c1-4-12-17-13(15(19)21-3)14(16)18(12)11-8-6-5-7-10(11)9-20-2/h5-8H,4,9,16H2,1-3H3. The van der Waals surface area contributed by atoms with E-state index >= 15 is 0 Å². The van der Waals surface area contributed by atoms with Gasteiger partial charge in [0.25, 0.3) is 0 Å². The fourth-order valence-corrected chi connectivity index (χ4v) is 2.24. The van der Waals surface area contributed by atoms with Crippen molar-refractivity contribution in [3.05, 3.63) is 41.3 Å². The highest BCUT2D eigenvalue weighted by atomic mass is 16.5. The maximum absolute atomic E-state index is 11.8. The van der Waals surface area contributed by atoms with E-state index in [9.17, 15) is 4.79 Å². The summed E-state index contributed by atoms with van der Waals surface area (Å²) in [7, 11) is 2.94. The first-order chi connectivity index (χ1) is 10.1. The third-order valence-corrected chi connectivity index (χ3v) is 3.21. The number of aromatic nitrogens is 2. The van der Waals surface area contributed by atoms with Crippen LogP contribution in [0.15, 0.2) is 24.3 Å². The fraction of sp³-hybridized carbons (Fsp3) is 0.333. The molecule has 0 atom stereocenters. The van der Waals surface area contributed by atoms with E-state index in [4.69, 9.17) is 15.2 Å². The molecule has 112 valence electrons. The summed E-state index contributed by atoms with van der Waals surface area (Å²) in [5.74, 6) is 0.448. The number of nitrogen functional groups attached to an aromatic ring is 1. The van der Waals surface area contributed by atoms with Crippen LogP contribution in [0.3, 0.4) is 0 Å². The van der Waals surface area contributed by atoms with Crippen LogP contribution < -0.4 is 5.73 Å². The number of aryl methyl sites for hydroxylation is 1. The summed E-state index contributed by atoms with van der Waals surface area (Å²) < 4.78 is 11.7. The highest BCUT2D eigenvalue weighted by Gasteiger charge is 2.22. The van der Waals surface area contributed by atoms with E-state index in [1.807, 2.05) is 31.2 Å². The van der Waals surface area contributed by atoms with E-state index in [0.29, 0.717) is 18.9 Å². The van der Waals surface area contributed by atoms with Crippen molar-refractivity contribution in [2.24, 2.45) is 0 Å². The summed E-state index contributed by atoms with van der Waals surface area (Å²) in [5.41, 5.74) is 8.08. The number of benzene rings is 1. The average molecular weight is 289 g/mol. The number of para-hydroxylation sites is 1. The predicted octanol–water partition coefficient (Wildman–Crippen LogP) is 1.95. The maximum atomic E-state index is 11.8. The number of carbonyl (C=O) groups is 1. The van der Waals surface area contributed by atoms with Gasteiger partial charge in [0.1, 0.15) is 11.6 Å². The molecule has 6 nitrogen and oxygen atoms in total. The van der Waals surface area contributed by atoms with E-state index in [-0.39, 0.29) is 11.5 Å². The van der Waals surface area contributed by atoms with Crippen molar-refractivity contribution in [3.8, 4) is 5.69 Å². The Kier molecular flexibility index (Phi) is 4.59. The molecule has 1 aromatic carbocycles. The molecule has 21 heavy (non-hydrogen) atoms. The monoisotopic (exact) mass is 289 g/mol. The van der Waals surface area contributed by atoms with Gasteiger partial charge < -0.3 is 15.2 Å². The van der Waals surface area contributed by atoms with Gasteiger partial charge >= 0.3 is 5.97 Å². The quantitative estimate of drug-likeness (QED) is 0.851. The van der Waals surface area contributed by atoms with Gasteiger partial charge in [-0.1, -0.05) is 25.1 Å². The van der Waals surface area contributed by atoms with Gasteiger partial charge in [0.2, 0.25) is 0 Å². The molecule has 0 aliphatic heterocycles. The normalized spacial score (nSPS) is 10.6. The zero-order valence-corrected chi connectivity index (χ0v) is 12.4. The molecule has 0 saturated heterocycles. The first kappa shape index (κ1) is 15.1. The molecule has 0 unspecified atom stereocenters. The van der Waals surface area contributed by atoms with Crippen LogP contribution in [0.5, 0.6) is 0 Å². The summed E-state index contributed by atoms with van der Waals surface area (Å²) in [6.45, 7) is 2.41. The van der Waals surface area contributed by atoms with Gasteiger partial charge in [0.15, 0.2) is 5.69 Å². The third-order valence-electron chi connectivity index (χ3n) is 3.21. The van der Waals surface area contributed by atoms with Crippen LogP contribution in [0, 0.1) is 0 Å². The van der Waals surface area contributed by atoms with E-state index in [1.165, 1.54) is 7.11 Å². The topological polar surface area (TPSA) is 79.4 Å². The van der Waals surface area contributed by atoms with Gasteiger partial charge in [-0.05, 0) is 6.07 Å². The van der Waals surface area contributed by atoms with Crippen molar-refractivity contribution in [2.75, 3.05) is 20.0 Å². The Morgan fingerprint density at radius 3 is 2.67 bits per heavy atom. The fourth-order valence-electron chi connectivity index (χ4n) is 2.24. The Balaban J connectivity index is 2.63. The first-order valence-electron chi connectivity index (χ1n) is 6.66. The van der Waals surface area contributed by atoms with Gasteiger partial charge in [0, 0.05) is 19.1 Å². The van der Waals surface area contributed by atoms with E-state index in [0.717, 1.165) is 11.3 Å². The van der Waals surface area contributed by atoms with Gasteiger partial charge in [-0.3, -0.25) is 4.57 Å². The number of ether oxygens (including phenoxy) is 2. The molecular weight excluding hydrogens is 270 g/mol. The van der Waals surface area contributed by atoms with Crippen LogP contribution in [0.1, 0.15) is 28.8 Å². The molecule has 0 bridgehead atoms. The van der Waals surface area contributed by atoms with Crippen LogP contribution in [-0.4, -0.2) is 29.7 Å². The van der Waals surface area contributed by atoms with Crippen molar-refractivity contribution in [1.29, 1.82) is 0 Å². The summed E-state index contributed by atoms with van der Waals surface area (Å²) >= 11 is 0. The number of nitrogens with zero attached hydrogens (tertiary/aromatic N) is 2. The lowest BCUT2D eigenvalue weighted by Gasteiger charge is -2.13. The lowest BCUT2D eigenvalue weighted by atomic mass is 10.2. The van der Waals surface area contributed by atoms with Gasteiger partial charge in [0.05, 0.1) is 19.4 Å². The minimum absolute atomic E-state index is 0.140. The molecule has 2 rings (SSSR count). The highest BCUT2D eigenvalue weighted by Crippen LogP contribution is 2.25. The van der Waals surface area contributed by atoms with Crippen molar-refractivity contribution in [1.82, 2.24) is 9.55 Å². The van der Waals surface area contributed by atoms with Crippen LogP contribution in [0.2, 0.25) is 0 Å². The Morgan fingerprint density at radius 2 is 2.05 bits per heavy atom. The highest BCUT2D eigenvalue weighted by molar-refractivity contribution is 5.92. The number of esters is 1. The number of imidazole rings is 1. The summed E-state index contributed by atoms with van der Waals surface area (Å²) in [5, 5.41) is 0. The molecule has 0 saturated carbocycles. The smallest absolute Gasteiger partial charge is 0.360 e. The van der Waals surface area contributed by atoms with Crippen LogP contribution in [0.4, 0.5) is 5.82 Å². The molecule has 1 heterocycles. The minimum atomic E-state index is -0.537. The van der Waals surface area contributed by atoms with Crippen LogP contribution in [0.25, 0.3) is 5.69 Å². The summed E-state index contributed by atoms with van der Waals surface area (Å²) in [4.78, 5) is 16.1.